The second-order valence-corrected chi connectivity index (χ2v) is 8.12. The fraction of sp³-hybridized carbons (Fsp3) is 0.417. The van der Waals surface area contributed by atoms with E-state index in [4.69, 9.17) is 0 Å². The highest BCUT2D eigenvalue weighted by Crippen LogP contribution is 2.19. The van der Waals surface area contributed by atoms with Gasteiger partial charge in [0.05, 0.1) is 0 Å². The van der Waals surface area contributed by atoms with E-state index in [9.17, 15) is 9.59 Å². The number of hydrogen-bond donors (Lipinski definition) is 1. The second kappa shape index (κ2) is 13.0. The summed E-state index contributed by atoms with van der Waals surface area (Å²) >= 11 is 1.67. The van der Waals surface area contributed by atoms with Crippen LogP contribution in [0, 0.1) is 0 Å². The molecule has 2 aromatic carbocycles. The Morgan fingerprint density at radius 1 is 1.00 bits per heavy atom. The topological polar surface area (TPSA) is 49.4 Å². The van der Waals surface area contributed by atoms with Gasteiger partial charge in [0.15, 0.2) is 0 Å². The lowest BCUT2D eigenvalue weighted by Crippen LogP contribution is -2.50. The minimum absolute atomic E-state index is 0.0443. The van der Waals surface area contributed by atoms with Gasteiger partial charge < -0.3 is 10.2 Å². The highest BCUT2D eigenvalue weighted by Gasteiger charge is 2.27. The summed E-state index contributed by atoms with van der Waals surface area (Å²) in [4.78, 5) is 28.7. The fourth-order valence-corrected chi connectivity index (χ4v) is 4.04. The Morgan fingerprint density at radius 2 is 1.66 bits per heavy atom. The van der Waals surface area contributed by atoms with E-state index >= 15 is 0 Å². The molecule has 0 fully saturated rings. The van der Waals surface area contributed by atoms with Gasteiger partial charge in [-0.05, 0) is 37.0 Å². The number of carbonyl (C=O) groups is 2. The van der Waals surface area contributed by atoms with Crippen LogP contribution >= 0.6 is 11.8 Å². The molecular weight excluding hydrogens is 380 g/mol. The molecule has 0 bridgehead atoms. The first kappa shape index (κ1) is 23.0. The Hall–Kier alpha value is -2.27. The maximum Gasteiger partial charge on any atom is 0.242 e. The van der Waals surface area contributed by atoms with Crippen molar-refractivity contribution in [3.05, 3.63) is 66.2 Å². The SMILES string of the molecule is CCCNC(=O)C(CC)N(CCc1ccccc1)C(=O)CCSc1ccccc1. The summed E-state index contributed by atoms with van der Waals surface area (Å²) in [5, 5.41) is 2.96. The minimum Gasteiger partial charge on any atom is -0.354 e. The lowest BCUT2D eigenvalue weighted by molar-refractivity contribution is -0.140. The van der Waals surface area contributed by atoms with Gasteiger partial charge in [0, 0.05) is 30.2 Å². The fourth-order valence-electron chi connectivity index (χ4n) is 3.18. The summed E-state index contributed by atoms with van der Waals surface area (Å²) in [6.45, 7) is 5.19. The van der Waals surface area contributed by atoms with Crippen LogP contribution in [-0.2, 0) is 16.0 Å². The first-order valence-corrected chi connectivity index (χ1v) is 11.4. The number of nitrogens with one attached hydrogen (secondary N) is 1. The lowest BCUT2D eigenvalue weighted by Gasteiger charge is -2.30. The molecule has 0 aliphatic heterocycles. The number of rotatable bonds is 12. The van der Waals surface area contributed by atoms with Gasteiger partial charge in [0.1, 0.15) is 6.04 Å². The zero-order valence-corrected chi connectivity index (χ0v) is 18.3. The highest BCUT2D eigenvalue weighted by atomic mass is 32.2. The van der Waals surface area contributed by atoms with Gasteiger partial charge in [-0.2, -0.15) is 0 Å². The van der Waals surface area contributed by atoms with Crippen molar-refractivity contribution < 1.29 is 9.59 Å². The summed E-state index contributed by atoms with van der Waals surface area (Å²) < 4.78 is 0. The van der Waals surface area contributed by atoms with Crippen LogP contribution < -0.4 is 5.32 Å². The van der Waals surface area contributed by atoms with Gasteiger partial charge in [-0.15, -0.1) is 11.8 Å². The van der Waals surface area contributed by atoms with Gasteiger partial charge in [0.25, 0.3) is 0 Å². The molecule has 1 unspecified atom stereocenters. The average molecular weight is 413 g/mol. The van der Waals surface area contributed by atoms with E-state index in [0.717, 1.165) is 17.7 Å². The minimum atomic E-state index is -0.417. The largest absolute Gasteiger partial charge is 0.354 e. The van der Waals surface area contributed by atoms with Gasteiger partial charge in [-0.3, -0.25) is 9.59 Å². The Morgan fingerprint density at radius 3 is 2.28 bits per heavy atom. The molecular formula is C24H32N2O2S. The standard InChI is InChI=1S/C24H32N2O2S/c1-3-17-25-24(28)22(4-2)26(18-15-20-11-7-5-8-12-20)23(27)16-19-29-21-13-9-6-10-14-21/h5-14,22H,3-4,15-19H2,1-2H3,(H,25,28). The smallest absolute Gasteiger partial charge is 0.242 e. The Kier molecular flexibility index (Phi) is 10.4. The van der Waals surface area contributed by atoms with Crippen LogP contribution in [0.25, 0.3) is 0 Å². The molecule has 2 amide bonds. The van der Waals surface area contributed by atoms with Crippen molar-refractivity contribution in [1.29, 1.82) is 0 Å². The second-order valence-electron chi connectivity index (χ2n) is 6.95. The molecule has 4 nitrogen and oxygen atoms in total. The zero-order valence-electron chi connectivity index (χ0n) is 17.5. The quantitative estimate of drug-likeness (QED) is 0.521. The molecule has 0 aliphatic carbocycles. The van der Waals surface area contributed by atoms with Crippen LogP contribution in [0.4, 0.5) is 0 Å². The molecule has 5 heteroatoms. The van der Waals surface area contributed by atoms with Crippen molar-refractivity contribution in [3.8, 4) is 0 Å². The van der Waals surface area contributed by atoms with Crippen molar-refractivity contribution in [1.82, 2.24) is 10.2 Å². The molecule has 0 radical (unpaired) electrons. The maximum absolute atomic E-state index is 13.1. The van der Waals surface area contributed by atoms with Crippen molar-refractivity contribution in [2.24, 2.45) is 0 Å². The third-order valence-corrected chi connectivity index (χ3v) is 5.76. The summed E-state index contributed by atoms with van der Waals surface area (Å²) in [5.41, 5.74) is 1.17. The maximum atomic E-state index is 13.1. The average Bonchev–Trinajstić information content (AvgIpc) is 2.76. The van der Waals surface area contributed by atoms with E-state index in [0.29, 0.717) is 31.7 Å². The first-order chi connectivity index (χ1) is 14.2. The molecule has 1 N–H and O–H groups in total. The number of nitrogens with zero attached hydrogens (tertiary/aromatic N) is 1. The molecule has 0 spiro atoms. The molecule has 29 heavy (non-hydrogen) atoms. The molecule has 0 aliphatic rings. The molecule has 2 aromatic rings. The summed E-state index contributed by atoms with van der Waals surface area (Å²) in [7, 11) is 0. The Labute approximate surface area is 179 Å². The monoisotopic (exact) mass is 412 g/mol. The van der Waals surface area contributed by atoms with E-state index in [2.05, 4.69) is 29.6 Å². The van der Waals surface area contributed by atoms with E-state index in [1.807, 2.05) is 50.2 Å². The number of thioether (sulfide) groups is 1. The normalized spacial score (nSPS) is 11.7. The summed E-state index contributed by atoms with van der Waals surface area (Å²) in [6, 6.07) is 19.8. The van der Waals surface area contributed by atoms with Gasteiger partial charge in [0.2, 0.25) is 11.8 Å². The lowest BCUT2D eigenvalue weighted by atomic mass is 10.1. The van der Waals surface area contributed by atoms with Gasteiger partial charge in [-0.1, -0.05) is 62.4 Å². The molecule has 0 aromatic heterocycles. The predicted octanol–water partition coefficient (Wildman–Crippen LogP) is 4.54. The highest BCUT2D eigenvalue weighted by molar-refractivity contribution is 7.99. The van der Waals surface area contributed by atoms with Crippen LogP contribution in [0.5, 0.6) is 0 Å². The van der Waals surface area contributed by atoms with Crippen LogP contribution in [0.15, 0.2) is 65.6 Å². The third-order valence-electron chi connectivity index (χ3n) is 4.75. The Balaban J connectivity index is 2.02. The zero-order chi connectivity index (χ0) is 20.9. The number of hydrogen-bond acceptors (Lipinski definition) is 3. The molecule has 0 saturated carbocycles. The molecule has 0 heterocycles. The number of benzene rings is 2. The van der Waals surface area contributed by atoms with Crippen LogP contribution in [0.3, 0.4) is 0 Å². The van der Waals surface area contributed by atoms with Gasteiger partial charge >= 0.3 is 0 Å². The summed E-state index contributed by atoms with van der Waals surface area (Å²) in [5.74, 6) is 0.701. The third kappa shape index (κ3) is 7.94. The van der Waals surface area contributed by atoms with Crippen molar-refractivity contribution in [2.45, 2.75) is 50.5 Å². The van der Waals surface area contributed by atoms with Gasteiger partial charge in [-0.25, -0.2) is 0 Å². The van der Waals surface area contributed by atoms with Crippen LogP contribution in [0.1, 0.15) is 38.7 Å². The van der Waals surface area contributed by atoms with Crippen molar-refractivity contribution >= 4 is 23.6 Å². The van der Waals surface area contributed by atoms with Crippen LogP contribution in [0.2, 0.25) is 0 Å². The van der Waals surface area contributed by atoms with E-state index in [1.54, 1.807) is 16.7 Å². The predicted molar refractivity (Wildman–Crippen MR) is 121 cm³/mol. The number of carbonyl (C=O) groups excluding carboxylic acids is 2. The van der Waals surface area contributed by atoms with E-state index < -0.39 is 6.04 Å². The summed E-state index contributed by atoms with van der Waals surface area (Å²) in [6.07, 6.45) is 2.66. The van der Waals surface area contributed by atoms with Crippen molar-refractivity contribution in [3.63, 3.8) is 0 Å². The first-order valence-electron chi connectivity index (χ1n) is 10.4. The molecule has 1 atom stereocenters. The Bertz CT molecular complexity index is 737. The van der Waals surface area contributed by atoms with Crippen molar-refractivity contribution in [2.75, 3.05) is 18.8 Å². The number of amides is 2. The van der Waals surface area contributed by atoms with E-state index in [1.165, 1.54) is 5.56 Å². The van der Waals surface area contributed by atoms with E-state index in [-0.39, 0.29) is 11.8 Å². The molecule has 0 saturated heterocycles. The molecule has 156 valence electrons. The molecule has 2 rings (SSSR count). The van der Waals surface area contributed by atoms with Crippen LogP contribution in [-0.4, -0.2) is 41.6 Å².